The first-order valence-corrected chi connectivity index (χ1v) is 5.84. The number of hydrogen-bond acceptors (Lipinski definition) is 2. The smallest absolute Gasteiger partial charge is 0.0678 e. The molecule has 1 aliphatic heterocycles. The van der Waals surface area contributed by atoms with Crippen molar-refractivity contribution in [2.45, 2.75) is 45.1 Å². The van der Waals surface area contributed by atoms with Gasteiger partial charge in [0, 0.05) is 11.6 Å². The fraction of sp³-hybridized carbons (Fsp3) is 0.750. The van der Waals surface area contributed by atoms with Crippen molar-refractivity contribution in [1.82, 2.24) is 15.1 Å². The minimum Gasteiger partial charge on any atom is -0.317 e. The third kappa shape index (κ3) is 2.40. The number of rotatable bonds is 1. The number of nitrogens with one attached hydrogen (secondary N) is 1. The minimum atomic E-state index is 0.165. The van der Waals surface area contributed by atoms with Crippen LogP contribution >= 0.6 is 0 Å². The number of aromatic nitrogens is 2. The molecule has 15 heavy (non-hydrogen) atoms. The molecule has 0 amide bonds. The van der Waals surface area contributed by atoms with Crippen molar-refractivity contribution in [3.8, 4) is 0 Å². The van der Waals surface area contributed by atoms with E-state index in [1.165, 1.54) is 18.5 Å². The van der Waals surface area contributed by atoms with Gasteiger partial charge in [0.05, 0.1) is 11.7 Å². The second-order valence-electron chi connectivity index (χ2n) is 5.41. The molecule has 84 valence electrons. The Hall–Kier alpha value is -0.830. The average Bonchev–Trinajstić information content (AvgIpc) is 2.67. The highest BCUT2D eigenvalue weighted by atomic mass is 15.3. The van der Waals surface area contributed by atoms with Crippen LogP contribution < -0.4 is 5.32 Å². The fourth-order valence-corrected chi connectivity index (χ4v) is 2.01. The van der Waals surface area contributed by atoms with Crippen molar-refractivity contribution in [3.05, 3.63) is 18.0 Å². The first-order chi connectivity index (χ1) is 7.07. The molecule has 3 nitrogen and oxygen atoms in total. The Morgan fingerprint density at radius 2 is 2.00 bits per heavy atom. The second kappa shape index (κ2) is 3.97. The van der Waals surface area contributed by atoms with Crippen molar-refractivity contribution in [2.24, 2.45) is 0 Å². The van der Waals surface area contributed by atoms with Gasteiger partial charge in [0.2, 0.25) is 0 Å². The lowest BCUT2D eigenvalue weighted by molar-refractivity contribution is 0.338. The highest BCUT2D eigenvalue weighted by Crippen LogP contribution is 2.23. The normalized spacial score (nSPS) is 19.4. The molecule has 0 saturated carbocycles. The summed E-state index contributed by atoms with van der Waals surface area (Å²) in [6, 6.07) is 2.75. The molecule has 3 heteroatoms. The summed E-state index contributed by atoms with van der Waals surface area (Å²) >= 11 is 0. The van der Waals surface area contributed by atoms with E-state index in [2.05, 4.69) is 43.0 Å². The number of piperidine rings is 1. The van der Waals surface area contributed by atoms with Gasteiger partial charge in [-0.15, -0.1) is 0 Å². The lowest BCUT2D eigenvalue weighted by Crippen LogP contribution is -2.29. The Morgan fingerprint density at radius 3 is 2.53 bits per heavy atom. The molecule has 1 fully saturated rings. The van der Waals surface area contributed by atoms with Gasteiger partial charge in [0.25, 0.3) is 0 Å². The van der Waals surface area contributed by atoms with Gasteiger partial charge in [-0.2, -0.15) is 5.10 Å². The molecule has 0 radical (unpaired) electrons. The van der Waals surface area contributed by atoms with Crippen LogP contribution in [0, 0.1) is 0 Å². The Bertz CT molecular complexity index is 316. The maximum absolute atomic E-state index is 4.69. The summed E-state index contributed by atoms with van der Waals surface area (Å²) in [7, 11) is 0. The van der Waals surface area contributed by atoms with E-state index in [-0.39, 0.29) is 5.41 Å². The third-order valence-electron chi connectivity index (χ3n) is 3.06. The van der Waals surface area contributed by atoms with Gasteiger partial charge in [-0.1, -0.05) is 20.8 Å². The summed E-state index contributed by atoms with van der Waals surface area (Å²) in [6.45, 7) is 8.87. The predicted molar refractivity (Wildman–Crippen MR) is 62.1 cm³/mol. The lowest BCUT2D eigenvalue weighted by atomic mass is 9.93. The Balaban J connectivity index is 2.12. The molecule has 1 aromatic rings. The van der Waals surface area contributed by atoms with Crippen LogP contribution in [0.15, 0.2) is 12.3 Å². The first-order valence-electron chi connectivity index (χ1n) is 5.84. The third-order valence-corrected chi connectivity index (χ3v) is 3.06. The summed E-state index contributed by atoms with van der Waals surface area (Å²) in [5, 5.41) is 8.07. The minimum absolute atomic E-state index is 0.165. The molecular formula is C12H21N3. The van der Waals surface area contributed by atoms with Crippen LogP contribution in [0.3, 0.4) is 0 Å². The van der Waals surface area contributed by atoms with E-state index in [4.69, 9.17) is 5.10 Å². The molecule has 1 aliphatic rings. The summed E-state index contributed by atoms with van der Waals surface area (Å²) in [5.74, 6) is 0. The Labute approximate surface area is 91.9 Å². The van der Waals surface area contributed by atoms with E-state index >= 15 is 0 Å². The molecule has 2 heterocycles. The van der Waals surface area contributed by atoms with E-state index in [1.54, 1.807) is 0 Å². The van der Waals surface area contributed by atoms with Gasteiger partial charge in [0.15, 0.2) is 0 Å². The van der Waals surface area contributed by atoms with Crippen LogP contribution in [0.25, 0.3) is 0 Å². The molecule has 2 rings (SSSR count). The molecule has 1 aromatic heterocycles. The molecular weight excluding hydrogens is 186 g/mol. The van der Waals surface area contributed by atoms with Crippen LogP contribution in [0.5, 0.6) is 0 Å². The topological polar surface area (TPSA) is 29.9 Å². The zero-order valence-corrected chi connectivity index (χ0v) is 9.95. The Kier molecular flexibility index (Phi) is 2.83. The van der Waals surface area contributed by atoms with Crippen molar-refractivity contribution < 1.29 is 0 Å². The number of hydrogen-bond donors (Lipinski definition) is 1. The van der Waals surface area contributed by atoms with Crippen LogP contribution in [-0.2, 0) is 5.41 Å². The fourth-order valence-electron chi connectivity index (χ4n) is 2.01. The van der Waals surface area contributed by atoms with Crippen LogP contribution in [0.2, 0.25) is 0 Å². The zero-order valence-electron chi connectivity index (χ0n) is 9.95. The van der Waals surface area contributed by atoms with Crippen molar-refractivity contribution in [3.63, 3.8) is 0 Å². The lowest BCUT2D eigenvalue weighted by Gasteiger charge is -2.23. The molecule has 0 spiro atoms. The molecule has 0 aromatic carbocycles. The van der Waals surface area contributed by atoms with Crippen LogP contribution in [0.1, 0.15) is 45.3 Å². The molecule has 0 aliphatic carbocycles. The van der Waals surface area contributed by atoms with Crippen molar-refractivity contribution in [2.75, 3.05) is 13.1 Å². The quantitative estimate of drug-likeness (QED) is 0.764. The summed E-state index contributed by atoms with van der Waals surface area (Å²) in [4.78, 5) is 0. The number of nitrogens with zero attached hydrogens (tertiary/aromatic N) is 2. The van der Waals surface area contributed by atoms with Crippen molar-refractivity contribution in [1.29, 1.82) is 0 Å². The summed E-state index contributed by atoms with van der Waals surface area (Å²) in [6.07, 6.45) is 4.53. The molecule has 1 saturated heterocycles. The molecule has 0 unspecified atom stereocenters. The highest BCUT2D eigenvalue weighted by Gasteiger charge is 2.20. The van der Waals surface area contributed by atoms with E-state index in [9.17, 15) is 0 Å². The van der Waals surface area contributed by atoms with Crippen molar-refractivity contribution >= 4 is 0 Å². The first kappa shape index (κ1) is 10.7. The Morgan fingerprint density at radius 1 is 1.33 bits per heavy atom. The summed E-state index contributed by atoms with van der Waals surface area (Å²) < 4.78 is 2.15. The standard InChI is InChI=1S/C12H21N3/c1-12(2,3)11-6-9-15(14-11)10-4-7-13-8-5-10/h6,9-10,13H,4-5,7-8H2,1-3H3. The molecule has 0 atom stereocenters. The van der Waals surface area contributed by atoms with Crippen LogP contribution in [-0.4, -0.2) is 22.9 Å². The average molecular weight is 207 g/mol. The van der Waals surface area contributed by atoms with E-state index < -0.39 is 0 Å². The van der Waals surface area contributed by atoms with Gasteiger partial charge in [0.1, 0.15) is 0 Å². The van der Waals surface area contributed by atoms with E-state index in [0.717, 1.165) is 13.1 Å². The SMILES string of the molecule is CC(C)(C)c1ccn(C2CCNCC2)n1. The van der Waals surface area contributed by atoms with Gasteiger partial charge in [-0.25, -0.2) is 0 Å². The molecule has 0 bridgehead atoms. The van der Waals surface area contributed by atoms with Gasteiger partial charge < -0.3 is 5.32 Å². The zero-order chi connectivity index (χ0) is 10.9. The largest absolute Gasteiger partial charge is 0.317 e. The van der Waals surface area contributed by atoms with Crippen LogP contribution in [0.4, 0.5) is 0 Å². The predicted octanol–water partition coefficient (Wildman–Crippen LogP) is 2.11. The van der Waals surface area contributed by atoms with E-state index in [0.29, 0.717) is 6.04 Å². The van der Waals surface area contributed by atoms with E-state index in [1.807, 2.05) is 0 Å². The monoisotopic (exact) mass is 207 g/mol. The maximum atomic E-state index is 4.69. The van der Waals surface area contributed by atoms with Gasteiger partial charge in [-0.05, 0) is 32.0 Å². The van der Waals surface area contributed by atoms with Gasteiger partial charge >= 0.3 is 0 Å². The molecule has 1 N–H and O–H groups in total. The highest BCUT2D eigenvalue weighted by molar-refractivity contribution is 5.10. The second-order valence-corrected chi connectivity index (χ2v) is 5.41. The summed E-state index contributed by atoms with van der Waals surface area (Å²) in [5.41, 5.74) is 1.36. The maximum Gasteiger partial charge on any atom is 0.0678 e. The van der Waals surface area contributed by atoms with Gasteiger partial charge in [-0.3, -0.25) is 4.68 Å².